The molecule has 5 nitrogen and oxygen atoms in total. The summed E-state index contributed by atoms with van der Waals surface area (Å²) >= 11 is 0. The molecule has 1 amide bonds. The quantitative estimate of drug-likeness (QED) is 0.789. The highest BCUT2D eigenvalue weighted by molar-refractivity contribution is 5.97. The maximum absolute atomic E-state index is 13.1. The lowest BCUT2D eigenvalue weighted by Gasteiger charge is -2.29. The second-order valence-electron chi connectivity index (χ2n) is 4.97. The van der Waals surface area contributed by atoms with Crippen LogP contribution in [0, 0.1) is 11.7 Å². The van der Waals surface area contributed by atoms with Crippen molar-refractivity contribution in [2.24, 2.45) is 5.92 Å². The fraction of sp³-hybridized carbons (Fsp3) is 0.429. The van der Waals surface area contributed by atoms with Crippen LogP contribution in [0.3, 0.4) is 0 Å². The van der Waals surface area contributed by atoms with Gasteiger partial charge in [0.2, 0.25) is 0 Å². The van der Waals surface area contributed by atoms with Crippen molar-refractivity contribution in [3.63, 3.8) is 0 Å². The number of carboxylic acids is 1. The molecule has 0 aromatic heterocycles. The molecular weight excluding hydrogens is 265 g/mol. The van der Waals surface area contributed by atoms with Gasteiger partial charge in [0, 0.05) is 6.04 Å². The van der Waals surface area contributed by atoms with E-state index in [4.69, 9.17) is 5.11 Å². The van der Waals surface area contributed by atoms with Crippen LogP contribution in [-0.4, -0.2) is 28.1 Å². The number of halogens is 1. The van der Waals surface area contributed by atoms with Crippen LogP contribution in [0.15, 0.2) is 18.2 Å². The van der Waals surface area contributed by atoms with E-state index in [1.54, 1.807) is 0 Å². The number of rotatable bonds is 3. The van der Waals surface area contributed by atoms with E-state index in [9.17, 15) is 19.1 Å². The Morgan fingerprint density at radius 2 is 1.95 bits per heavy atom. The minimum atomic E-state index is -0.946. The van der Waals surface area contributed by atoms with Crippen LogP contribution in [0.25, 0.3) is 0 Å². The molecule has 2 rings (SSSR count). The van der Waals surface area contributed by atoms with Crippen molar-refractivity contribution in [2.45, 2.75) is 31.7 Å². The van der Waals surface area contributed by atoms with Crippen LogP contribution in [0.5, 0.6) is 5.75 Å². The lowest BCUT2D eigenvalue weighted by atomic mass is 9.84. The number of carbonyl (C=O) groups excluding carboxylic acids is 1. The SMILES string of the molecule is O=C(NC1CCCCC1C(=O)O)c1cc(F)ccc1O. The molecule has 6 heteroatoms. The van der Waals surface area contributed by atoms with Gasteiger partial charge >= 0.3 is 5.97 Å². The summed E-state index contributed by atoms with van der Waals surface area (Å²) in [6, 6.07) is 2.59. The minimum absolute atomic E-state index is 0.181. The molecule has 0 radical (unpaired) electrons. The molecule has 1 aromatic carbocycles. The van der Waals surface area contributed by atoms with Gasteiger partial charge in [0.1, 0.15) is 11.6 Å². The Bertz CT molecular complexity index is 532. The van der Waals surface area contributed by atoms with Gasteiger partial charge in [0.15, 0.2) is 0 Å². The van der Waals surface area contributed by atoms with E-state index in [1.165, 1.54) is 0 Å². The monoisotopic (exact) mass is 281 g/mol. The molecule has 1 saturated carbocycles. The van der Waals surface area contributed by atoms with Crippen LogP contribution in [0.2, 0.25) is 0 Å². The molecule has 2 unspecified atom stereocenters. The van der Waals surface area contributed by atoms with Crippen molar-refractivity contribution in [3.8, 4) is 5.75 Å². The van der Waals surface area contributed by atoms with Crippen molar-refractivity contribution < 1.29 is 24.2 Å². The highest BCUT2D eigenvalue weighted by atomic mass is 19.1. The minimum Gasteiger partial charge on any atom is -0.507 e. The van der Waals surface area contributed by atoms with E-state index < -0.39 is 29.7 Å². The Morgan fingerprint density at radius 3 is 2.65 bits per heavy atom. The molecule has 0 bridgehead atoms. The topological polar surface area (TPSA) is 86.6 Å². The molecule has 1 aromatic rings. The summed E-state index contributed by atoms with van der Waals surface area (Å²) in [6.07, 6.45) is 2.73. The maximum Gasteiger partial charge on any atom is 0.308 e. The Kier molecular flexibility index (Phi) is 4.22. The molecule has 108 valence electrons. The third kappa shape index (κ3) is 3.07. The van der Waals surface area contributed by atoms with Crippen LogP contribution in [0.1, 0.15) is 36.0 Å². The van der Waals surface area contributed by atoms with Gasteiger partial charge in [-0.15, -0.1) is 0 Å². The first-order valence-electron chi connectivity index (χ1n) is 6.51. The van der Waals surface area contributed by atoms with Crippen LogP contribution >= 0.6 is 0 Å². The molecular formula is C14H16FNO4. The molecule has 1 aliphatic rings. The Hall–Kier alpha value is -2.11. The number of amides is 1. The van der Waals surface area contributed by atoms with Crippen molar-refractivity contribution in [1.29, 1.82) is 0 Å². The van der Waals surface area contributed by atoms with Gasteiger partial charge in [-0.2, -0.15) is 0 Å². The zero-order chi connectivity index (χ0) is 14.7. The number of hydrogen-bond donors (Lipinski definition) is 3. The molecule has 1 fully saturated rings. The highest BCUT2D eigenvalue weighted by Gasteiger charge is 2.32. The van der Waals surface area contributed by atoms with E-state index in [1.807, 2.05) is 0 Å². The summed E-state index contributed by atoms with van der Waals surface area (Å²) in [5.74, 6) is -3.19. The van der Waals surface area contributed by atoms with E-state index in [2.05, 4.69) is 5.32 Å². The average Bonchev–Trinajstić information content (AvgIpc) is 2.41. The normalized spacial score (nSPS) is 22.2. The fourth-order valence-electron chi connectivity index (χ4n) is 2.54. The summed E-state index contributed by atoms with van der Waals surface area (Å²) in [7, 11) is 0. The standard InChI is InChI=1S/C14H16FNO4/c15-8-5-6-12(17)10(7-8)13(18)16-11-4-2-1-3-9(11)14(19)20/h5-7,9,11,17H,1-4H2,(H,16,18)(H,19,20). The van der Waals surface area contributed by atoms with Crippen LogP contribution in [-0.2, 0) is 4.79 Å². The highest BCUT2D eigenvalue weighted by Crippen LogP contribution is 2.26. The fourth-order valence-corrected chi connectivity index (χ4v) is 2.54. The van der Waals surface area contributed by atoms with Crippen molar-refractivity contribution in [2.75, 3.05) is 0 Å². The first-order valence-corrected chi connectivity index (χ1v) is 6.51. The smallest absolute Gasteiger partial charge is 0.308 e. The summed E-state index contributed by atoms with van der Waals surface area (Å²) in [5.41, 5.74) is -0.181. The van der Waals surface area contributed by atoms with Gasteiger partial charge in [-0.3, -0.25) is 9.59 Å². The van der Waals surface area contributed by atoms with E-state index in [-0.39, 0.29) is 11.3 Å². The largest absolute Gasteiger partial charge is 0.507 e. The second kappa shape index (κ2) is 5.90. The predicted molar refractivity (Wildman–Crippen MR) is 68.9 cm³/mol. The number of phenols is 1. The third-order valence-corrected chi connectivity index (χ3v) is 3.60. The van der Waals surface area contributed by atoms with Crippen molar-refractivity contribution in [3.05, 3.63) is 29.6 Å². The summed E-state index contributed by atoms with van der Waals surface area (Å²) in [4.78, 5) is 23.2. The van der Waals surface area contributed by atoms with E-state index >= 15 is 0 Å². The molecule has 0 aliphatic heterocycles. The lowest BCUT2D eigenvalue weighted by molar-refractivity contribution is -0.143. The lowest BCUT2D eigenvalue weighted by Crippen LogP contribution is -2.45. The van der Waals surface area contributed by atoms with E-state index in [0.29, 0.717) is 12.8 Å². The maximum atomic E-state index is 13.1. The number of benzene rings is 1. The molecule has 0 spiro atoms. The zero-order valence-corrected chi connectivity index (χ0v) is 10.8. The summed E-state index contributed by atoms with van der Waals surface area (Å²) in [5, 5.41) is 21.3. The van der Waals surface area contributed by atoms with Gasteiger partial charge in [0.05, 0.1) is 11.5 Å². The predicted octanol–water partition coefficient (Wildman–Crippen LogP) is 1.90. The van der Waals surface area contributed by atoms with Crippen LogP contribution in [0.4, 0.5) is 4.39 Å². The van der Waals surface area contributed by atoms with Gasteiger partial charge in [-0.1, -0.05) is 12.8 Å². The molecule has 0 saturated heterocycles. The Labute approximate surface area is 115 Å². The second-order valence-corrected chi connectivity index (χ2v) is 4.97. The molecule has 0 heterocycles. The number of aliphatic carboxylic acids is 1. The number of carboxylic acid groups (broad SMARTS) is 1. The van der Waals surface area contributed by atoms with Crippen LogP contribution < -0.4 is 5.32 Å². The molecule has 20 heavy (non-hydrogen) atoms. The third-order valence-electron chi connectivity index (χ3n) is 3.60. The Morgan fingerprint density at radius 1 is 1.25 bits per heavy atom. The molecule has 1 aliphatic carbocycles. The number of nitrogens with one attached hydrogen (secondary N) is 1. The van der Waals surface area contributed by atoms with Gasteiger partial charge in [0.25, 0.3) is 5.91 Å². The first-order chi connectivity index (χ1) is 9.49. The molecule has 3 N–H and O–H groups in total. The number of hydrogen-bond acceptors (Lipinski definition) is 3. The van der Waals surface area contributed by atoms with Gasteiger partial charge in [-0.25, -0.2) is 4.39 Å². The molecule has 2 atom stereocenters. The zero-order valence-electron chi connectivity index (χ0n) is 10.8. The number of phenolic OH excluding ortho intramolecular Hbond substituents is 1. The number of aromatic hydroxyl groups is 1. The van der Waals surface area contributed by atoms with Gasteiger partial charge < -0.3 is 15.5 Å². The van der Waals surface area contributed by atoms with Crippen molar-refractivity contribution >= 4 is 11.9 Å². The van der Waals surface area contributed by atoms with Gasteiger partial charge in [-0.05, 0) is 31.0 Å². The van der Waals surface area contributed by atoms with E-state index in [0.717, 1.165) is 31.0 Å². The van der Waals surface area contributed by atoms with Crippen molar-refractivity contribution in [1.82, 2.24) is 5.32 Å². The average molecular weight is 281 g/mol. The first kappa shape index (κ1) is 14.3. The summed E-state index contributed by atoms with van der Waals surface area (Å²) < 4.78 is 13.1. The number of carbonyl (C=O) groups is 2. The Balaban J connectivity index is 2.13. The summed E-state index contributed by atoms with van der Waals surface area (Å²) in [6.45, 7) is 0.